The zero-order valence-electron chi connectivity index (χ0n) is 11.6. The van der Waals surface area contributed by atoms with Gasteiger partial charge in [0.15, 0.2) is 11.5 Å². The maximum Gasteiger partial charge on any atom is 0.162 e. The first-order valence-corrected chi connectivity index (χ1v) is 6.26. The van der Waals surface area contributed by atoms with Crippen LogP contribution in [0, 0.1) is 0 Å². The minimum atomic E-state index is -0.0282. The Kier molecular flexibility index (Phi) is 3.39. The van der Waals surface area contributed by atoms with Crippen LogP contribution in [0.3, 0.4) is 0 Å². The molecule has 0 spiro atoms. The summed E-state index contributed by atoms with van der Waals surface area (Å²) in [5, 5.41) is 0. The van der Waals surface area contributed by atoms with Crippen LogP contribution in [-0.4, -0.2) is 32.3 Å². The van der Waals surface area contributed by atoms with E-state index in [2.05, 4.69) is 24.8 Å². The van der Waals surface area contributed by atoms with Crippen molar-refractivity contribution in [1.29, 1.82) is 0 Å². The normalized spacial score (nSPS) is 22.1. The molecule has 1 atom stereocenters. The third-order valence-electron chi connectivity index (χ3n) is 3.95. The number of hydrogen-bond acceptors (Lipinski definition) is 4. The Morgan fingerprint density at radius 2 is 1.89 bits per heavy atom. The molecule has 2 rings (SSSR count). The Bertz CT molecular complexity index is 432. The van der Waals surface area contributed by atoms with Crippen LogP contribution in [0.2, 0.25) is 0 Å². The molecular weight excluding hydrogens is 228 g/mol. The summed E-state index contributed by atoms with van der Waals surface area (Å²) >= 11 is 0. The standard InChI is InChI=1S/C14H22N2O2/c1-14(2)13(15)7-8-16(14)10-5-6-11(17-3)12(9-10)18-4/h5-6,9,13H,7-8,15H2,1-4H3. The predicted molar refractivity (Wildman–Crippen MR) is 73.6 cm³/mol. The fraction of sp³-hybridized carbons (Fsp3) is 0.571. The van der Waals surface area contributed by atoms with E-state index in [9.17, 15) is 0 Å². The van der Waals surface area contributed by atoms with Crippen LogP contribution in [0.4, 0.5) is 5.69 Å². The van der Waals surface area contributed by atoms with Gasteiger partial charge in [0, 0.05) is 29.9 Å². The molecule has 18 heavy (non-hydrogen) atoms. The van der Waals surface area contributed by atoms with Gasteiger partial charge >= 0.3 is 0 Å². The Hall–Kier alpha value is -1.42. The SMILES string of the molecule is COc1ccc(N2CCC(N)C2(C)C)cc1OC. The predicted octanol–water partition coefficient (Wildman–Crippen LogP) is 2.02. The van der Waals surface area contributed by atoms with Crippen LogP contribution in [0.15, 0.2) is 18.2 Å². The van der Waals surface area contributed by atoms with E-state index in [-0.39, 0.29) is 11.6 Å². The van der Waals surface area contributed by atoms with E-state index in [1.807, 2.05) is 12.1 Å². The Balaban J connectivity index is 2.35. The molecule has 1 aromatic rings. The van der Waals surface area contributed by atoms with Crippen LogP contribution in [0.25, 0.3) is 0 Å². The Morgan fingerprint density at radius 1 is 1.22 bits per heavy atom. The molecule has 0 bridgehead atoms. The lowest BCUT2D eigenvalue weighted by Crippen LogP contribution is -2.48. The molecule has 4 nitrogen and oxygen atoms in total. The molecule has 2 N–H and O–H groups in total. The van der Waals surface area contributed by atoms with Gasteiger partial charge in [-0.2, -0.15) is 0 Å². The number of anilines is 1. The fourth-order valence-corrected chi connectivity index (χ4v) is 2.56. The second-order valence-electron chi connectivity index (χ2n) is 5.24. The van der Waals surface area contributed by atoms with Gasteiger partial charge in [0.05, 0.1) is 14.2 Å². The minimum absolute atomic E-state index is 0.0282. The molecule has 1 aromatic carbocycles. The summed E-state index contributed by atoms with van der Waals surface area (Å²) in [5.74, 6) is 1.51. The van der Waals surface area contributed by atoms with Crippen LogP contribution in [-0.2, 0) is 0 Å². The van der Waals surface area contributed by atoms with Gasteiger partial charge in [-0.25, -0.2) is 0 Å². The summed E-state index contributed by atoms with van der Waals surface area (Å²) in [4.78, 5) is 2.33. The molecule has 0 radical (unpaired) electrons. The van der Waals surface area contributed by atoms with E-state index >= 15 is 0 Å². The lowest BCUT2D eigenvalue weighted by Gasteiger charge is -2.36. The molecule has 1 unspecified atom stereocenters. The minimum Gasteiger partial charge on any atom is -0.493 e. The maximum atomic E-state index is 6.17. The second-order valence-corrected chi connectivity index (χ2v) is 5.24. The largest absolute Gasteiger partial charge is 0.493 e. The van der Waals surface area contributed by atoms with Crippen molar-refractivity contribution in [2.75, 3.05) is 25.7 Å². The number of methoxy groups -OCH3 is 2. The maximum absolute atomic E-state index is 6.17. The molecule has 0 amide bonds. The van der Waals surface area contributed by atoms with E-state index in [1.165, 1.54) is 0 Å². The van der Waals surface area contributed by atoms with Crippen LogP contribution >= 0.6 is 0 Å². The van der Waals surface area contributed by atoms with Gasteiger partial charge in [-0.3, -0.25) is 0 Å². The highest BCUT2D eigenvalue weighted by Crippen LogP contribution is 2.37. The lowest BCUT2D eigenvalue weighted by atomic mass is 9.96. The van der Waals surface area contributed by atoms with Crippen molar-refractivity contribution < 1.29 is 9.47 Å². The van der Waals surface area contributed by atoms with Crippen LogP contribution in [0.5, 0.6) is 11.5 Å². The molecule has 1 heterocycles. The van der Waals surface area contributed by atoms with Gasteiger partial charge in [0.2, 0.25) is 0 Å². The van der Waals surface area contributed by atoms with E-state index in [0.717, 1.165) is 30.2 Å². The van der Waals surface area contributed by atoms with E-state index in [0.29, 0.717) is 0 Å². The summed E-state index contributed by atoms with van der Waals surface area (Å²) in [6.45, 7) is 5.34. The number of nitrogens with zero attached hydrogens (tertiary/aromatic N) is 1. The number of rotatable bonds is 3. The zero-order chi connectivity index (χ0) is 13.3. The first kappa shape index (κ1) is 13.0. The average molecular weight is 250 g/mol. The Labute approximate surface area is 109 Å². The molecule has 0 aromatic heterocycles. The van der Waals surface area contributed by atoms with Crippen LogP contribution in [0.1, 0.15) is 20.3 Å². The monoisotopic (exact) mass is 250 g/mol. The van der Waals surface area contributed by atoms with Crippen molar-refractivity contribution in [3.8, 4) is 11.5 Å². The highest BCUT2D eigenvalue weighted by atomic mass is 16.5. The van der Waals surface area contributed by atoms with Gasteiger partial charge in [-0.15, -0.1) is 0 Å². The van der Waals surface area contributed by atoms with Crippen molar-refractivity contribution in [1.82, 2.24) is 0 Å². The summed E-state index contributed by atoms with van der Waals surface area (Å²) < 4.78 is 10.6. The molecule has 100 valence electrons. The molecule has 4 heteroatoms. The number of hydrogen-bond donors (Lipinski definition) is 1. The summed E-state index contributed by atoms with van der Waals surface area (Å²) in [7, 11) is 3.30. The fourth-order valence-electron chi connectivity index (χ4n) is 2.56. The molecule has 1 aliphatic rings. The first-order valence-electron chi connectivity index (χ1n) is 6.26. The van der Waals surface area contributed by atoms with Gasteiger partial charge in [0.25, 0.3) is 0 Å². The van der Waals surface area contributed by atoms with Crippen molar-refractivity contribution in [3.05, 3.63) is 18.2 Å². The average Bonchev–Trinajstić information content (AvgIpc) is 2.63. The van der Waals surface area contributed by atoms with E-state index in [4.69, 9.17) is 15.2 Å². The lowest BCUT2D eigenvalue weighted by molar-refractivity contribution is 0.354. The van der Waals surface area contributed by atoms with E-state index in [1.54, 1.807) is 14.2 Å². The number of ether oxygens (including phenoxy) is 2. The van der Waals surface area contributed by atoms with E-state index < -0.39 is 0 Å². The summed E-state index contributed by atoms with van der Waals surface area (Å²) in [6, 6.07) is 6.21. The van der Waals surface area contributed by atoms with Crippen molar-refractivity contribution in [3.63, 3.8) is 0 Å². The quantitative estimate of drug-likeness (QED) is 0.891. The molecule has 0 saturated carbocycles. The van der Waals surface area contributed by atoms with Gasteiger partial charge in [0.1, 0.15) is 0 Å². The zero-order valence-corrected chi connectivity index (χ0v) is 11.6. The molecule has 0 aliphatic carbocycles. The molecule has 1 saturated heterocycles. The van der Waals surface area contributed by atoms with Crippen molar-refractivity contribution >= 4 is 5.69 Å². The first-order chi connectivity index (χ1) is 8.50. The summed E-state index contributed by atoms with van der Waals surface area (Å²) in [5.41, 5.74) is 7.27. The smallest absolute Gasteiger partial charge is 0.162 e. The topological polar surface area (TPSA) is 47.7 Å². The van der Waals surface area contributed by atoms with Crippen LogP contribution < -0.4 is 20.1 Å². The van der Waals surface area contributed by atoms with Crippen molar-refractivity contribution in [2.24, 2.45) is 5.73 Å². The second kappa shape index (κ2) is 4.69. The van der Waals surface area contributed by atoms with Gasteiger partial charge in [-0.1, -0.05) is 0 Å². The molecule has 1 fully saturated rings. The highest BCUT2D eigenvalue weighted by Gasteiger charge is 2.39. The number of nitrogens with two attached hydrogens (primary N) is 1. The summed E-state index contributed by atoms with van der Waals surface area (Å²) in [6.07, 6.45) is 1.02. The molecule has 1 aliphatic heterocycles. The highest BCUT2D eigenvalue weighted by molar-refractivity contribution is 5.58. The Morgan fingerprint density at radius 3 is 2.39 bits per heavy atom. The third-order valence-corrected chi connectivity index (χ3v) is 3.95. The van der Waals surface area contributed by atoms with Gasteiger partial charge in [-0.05, 0) is 32.4 Å². The third kappa shape index (κ3) is 2.01. The van der Waals surface area contributed by atoms with Gasteiger partial charge < -0.3 is 20.1 Å². The molecular formula is C14H22N2O2. The number of benzene rings is 1. The van der Waals surface area contributed by atoms with Crippen molar-refractivity contribution in [2.45, 2.75) is 31.8 Å².